The number of carboxylic acid groups (broad SMARTS) is 1. The highest BCUT2D eigenvalue weighted by atomic mass is 16.4. The largest absolute Gasteiger partial charge is 0.480 e. The predicted molar refractivity (Wildman–Crippen MR) is 84.9 cm³/mol. The molecule has 1 heterocycles. The van der Waals surface area contributed by atoms with Crippen molar-refractivity contribution in [1.29, 1.82) is 0 Å². The number of rotatable bonds is 5. The topological polar surface area (TPSA) is 81.7 Å². The molecule has 0 bridgehead atoms. The summed E-state index contributed by atoms with van der Waals surface area (Å²) < 4.78 is 0. The summed E-state index contributed by atoms with van der Waals surface area (Å²) in [6, 6.07) is 0.0316. The van der Waals surface area contributed by atoms with Crippen molar-refractivity contribution in [1.82, 2.24) is 15.5 Å². The molecule has 1 saturated carbocycles. The first-order valence-electron chi connectivity index (χ1n) is 8.64. The van der Waals surface area contributed by atoms with Crippen LogP contribution in [0.5, 0.6) is 0 Å². The smallest absolute Gasteiger partial charge is 0.320 e. The molecular formula is C16H29N3O3. The van der Waals surface area contributed by atoms with Crippen LogP contribution in [0.3, 0.4) is 0 Å². The molecule has 1 aliphatic carbocycles. The summed E-state index contributed by atoms with van der Waals surface area (Å²) in [5.41, 5.74) is 0. The first-order valence-corrected chi connectivity index (χ1v) is 8.64. The van der Waals surface area contributed by atoms with Crippen LogP contribution < -0.4 is 10.6 Å². The molecule has 2 rings (SSSR count). The number of aliphatic carboxylic acids is 1. The standard InChI is InChI=1S/C16H29N3O3/c1-2-14(15(20)21)19-10-8-13(9-11-19)18-16(22)17-12-6-4-3-5-7-12/h12-14H,2-11H2,1H3,(H,20,21)(H2,17,18,22). The van der Waals surface area contributed by atoms with Crippen molar-refractivity contribution in [2.24, 2.45) is 0 Å². The second kappa shape index (κ2) is 8.36. The van der Waals surface area contributed by atoms with Gasteiger partial charge in [-0.2, -0.15) is 0 Å². The maximum atomic E-state index is 12.0. The van der Waals surface area contributed by atoms with E-state index in [0.29, 0.717) is 12.5 Å². The van der Waals surface area contributed by atoms with Gasteiger partial charge in [0, 0.05) is 25.2 Å². The molecule has 2 aliphatic rings. The Bertz CT molecular complexity index is 375. The van der Waals surface area contributed by atoms with Gasteiger partial charge in [-0.3, -0.25) is 9.69 Å². The third-order valence-electron chi connectivity index (χ3n) is 4.92. The summed E-state index contributed by atoms with van der Waals surface area (Å²) in [7, 11) is 0. The van der Waals surface area contributed by atoms with Gasteiger partial charge in [-0.25, -0.2) is 4.79 Å². The molecule has 3 N–H and O–H groups in total. The van der Waals surface area contributed by atoms with Crippen LogP contribution in [0.2, 0.25) is 0 Å². The van der Waals surface area contributed by atoms with Gasteiger partial charge >= 0.3 is 12.0 Å². The van der Waals surface area contributed by atoms with E-state index in [9.17, 15) is 14.7 Å². The number of amides is 2. The third-order valence-corrected chi connectivity index (χ3v) is 4.92. The van der Waals surface area contributed by atoms with Crippen molar-refractivity contribution in [3.8, 4) is 0 Å². The van der Waals surface area contributed by atoms with Crippen LogP contribution in [0.1, 0.15) is 58.3 Å². The zero-order valence-corrected chi connectivity index (χ0v) is 13.5. The molecule has 1 atom stereocenters. The second-order valence-corrected chi connectivity index (χ2v) is 6.53. The molecule has 0 aromatic rings. The van der Waals surface area contributed by atoms with Crippen molar-refractivity contribution >= 4 is 12.0 Å². The van der Waals surface area contributed by atoms with E-state index in [0.717, 1.165) is 38.8 Å². The zero-order valence-electron chi connectivity index (χ0n) is 13.5. The number of likely N-dealkylation sites (tertiary alicyclic amines) is 1. The van der Waals surface area contributed by atoms with E-state index in [2.05, 4.69) is 10.6 Å². The predicted octanol–water partition coefficient (Wildman–Crippen LogP) is 1.95. The summed E-state index contributed by atoms with van der Waals surface area (Å²) in [6.45, 7) is 3.37. The van der Waals surface area contributed by atoms with Gasteiger partial charge < -0.3 is 15.7 Å². The molecule has 22 heavy (non-hydrogen) atoms. The average molecular weight is 311 g/mol. The van der Waals surface area contributed by atoms with Crippen molar-refractivity contribution in [3.63, 3.8) is 0 Å². The molecule has 1 saturated heterocycles. The Labute approximate surface area is 132 Å². The Morgan fingerprint density at radius 2 is 1.59 bits per heavy atom. The van der Waals surface area contributed by atoms with Crippen LogP contribution in [0.4, 0.5) is 4.79 Å². The fraction of sp³-hybridized carbons (Fsp3) is 0.875. The summed E-state index contributed by atoms with van der Waals surface area (Å²) in [6.07, 6.45) is 8.12. The molecular weight excluding hydrogens is 282 g/mol. The Morgan fingerprint density at radius 3 is 2.09 bits per heavy atom. The van der Waals surface area contributed by atoms with Gasteiger partial charge in [0.05, 0.1) is 0 Å². The SMILES string of the molecule is CCC(C(=O)O)N1CCC(NC(=O)NC2CCCCC2)CC1. The molecule has 0 spiro atoms. The van der Waals surface area contributed by atoms with Crippen LogP contribution in [-0.4, -0.2) is 53.2 Å². The third kappa shape index (κ3) is 4.87. The summed E-state index contributed by atoms with van der Waals surface area (Å²) in [4.78, 5) is 25.2. The number of nitrogens with zero attached hydrogens (tertiary/aromatic N) is 1. The fourth-order valence-corrected chi connectivity index (χ4v) is 3.60. The number of urea groups is 1. The van der Waals surface area contributed by atoms with Crippen LogP contribution in [-0.2, 0) is 4.79 Å². The molecule has 126 valence electrons. The Hall–Kier alpha value is -1.30. The lowest BCUT2D eigenvalue weighted by Gasteiger charge is -2.35. The summed E-state index contributed by atoms with van der Waals surface area (Å²) in [5, 5.41) is 15.3. The summed E-state index contributed by atoms with van der Waals surface area (Å²) in [5.74, 6) is -0.746. The quantitative estimate of drug-likeness (QED) is 0.725. The van der Waals surface area contributed by atoms with Crippen LogP contribution in [0, 0.1) is 0 Å². The number of hydrogen-bond donors (Lipinski definition) is 3. The number of piperidine rings is 1. The van der Waals surface area contributed by atoms with Crippen molar-refractivity contribution < 1.29 is 14.7 Å². The van der Waals surface area contributed by atoms with E-state index in [1.165, 1.54) is 19.3 Å². The van der Waals surface area contributed by atoms with Crippen molar-refractivity contribution in [2.75, 3.05) is 13.1 Å². The van der Waals surface area contributed by atoms with E-state index in [4.69, 9.17) is 0 Å². The average Bonchev–Trinajstić information content (AvgIpc) is 2.50. The molecule has 0 aromatic carbocycles. The molecule has 6 nitrogen and oxygen atoms in total. The van der Waals surface area contributed by atoms with Crippen LogP contribution in [0.15, 0.2) is 0 Å². The van der Waals surface area contributed by atoms with Crippen LogP contribution in [0.25, 0.3) is 0 Å². The van der Waals surface area contributed by atoms with E-state index in [1.807, 2.05) is 11.8 Å². The second-order valence-electron chi connectivity index (χ2n) is 6.53. The van der Waals surface area contributed by atoms with E-state index >= 15 is 0 Å². The highest BCUT2D eigenvalue weighted by Crippen LogP contribution is 2.18. The first-order chi connectivity index (χ1) is 10.6. The molecule has 2 amide bonds. The lowest BCUT2D eigenvalue weighted by atomic mass is 9.96. The molecule has 1 unspecified atom stereocenters. The van der Waals surface area contributed by atoms with Gasteiger partial charge in [0.1, 0.15) is 6.04 Å². The van der Waals surface area contributed by atoms with Gasteiger partial charge in [0.2, 0.25) is 0 Å². The highest BCUT2D eigenvalue weighted by Gasteiger charge is 2.29. The first kappa shape index (κ1) is 17.1. The minimum absolute atomic E-state index is 0.0596. The van der Waals surface area contributed by atoms with Crippen molar-refractivity contribution in [2.45, 2.75) is 76.4 Å². The highest BCUT2D eigenvalue weighted by molar-refractivity contribution is 5.74. The minimum Gasteiger partial charge on any atom is -0.480 e. The Balaban J connectivity index is 1.70. The zero-order chi connectivity index (χ0) is 15.9. The number of nitrogens with one attached hydrogen (secondary N) is 2. The van der Waals surface area contributed by atoms with E-state index in [1.54, 1.807) is 0 Å². The lowest BCUT2D eigenvalue weighted by Crippen LogP contribution is -2.52. The normalized spacial score (nSPS) is 23.0. The fourth-order valence-electron chi connectivity index (χ4n) is 3.60. The monoisotopic (exact) mass is 311 g/mol. The minimum atomic E-state index is -0.746. The number of carboxylic acids is 1. The van der Waals surface area contributed by atoms with E-state index in [-0.39, 0.29) is 12.1 Å². The van der Waals surface area contributed by atoms with Gasteiger partial charge in [-0.1, -0.05) is 26.2 Å². The van der Waals surface area contributed by atoms with Crippen LogP contribution >= 0.6 is 0 Å². The maximum absolute atomic E-state index is 12.0. The summed E-state index contributed by atoms with van der Waals surface area (Å²) >= 11 is 0. The Morgan fingerprint density at radius 1 is 1.05 bits per heavy atom. The molecule has 1 aliphatic heterocycles. The van der Waals surface area contributed by atoms with Gasteiger partial charge in [-0.05, 0) is 32.1 Å². The molecule has 6 heteroatoms. The van der Waals surface area contributed by atoms with E-state index < -0.39 is 12.0 Å². The lowest BCUT2D eigenvalue weighted by molar-refractivity contribution is -0.143. The number of hydrogen-bond acceptors (Lipinski definition) is 3. The van der Waals surface area contributed by atoms with Gasteiger partial charge in [-0.15, -0.1) is 0 Å². The molecule has 2 fully saturated rings. The van der Waals surface area contributed by atoms with Crippen molar-refractivity contribution in [3.05, 3.63) is 0 Å². The van der Waals surface area contributed by atoms with Gasteiger partial charge in [0.15, 0.2) is 0 Å². The maximum Gasteiger partial charge on any atom is 0.320 e. The molecule has 0 radical (unpaired) electrons. The number of carbonyl (C=O) groups excluding carboxylic acids is 1. The Kier molecular flexibility index (Phi) is 6.49. The van der Waals surface area contributed by atoms with Gasteiger partial charge in [0.25, 0.3) is 0 Å². The number of carbonyl (C=O) groups is 2. The molecule has 0 aromatic heterocycles.